The topological polar surface area (TPSA) is 45.7 Å². The number of nitrogens with zero attached hydrogens (tertiary/aromatic N) is 3. The van der Waals surface area contributed by atoms with Gasteiger partial charge in [-0.15, -0.1) is 0 Å². The van der Waals surface area contributed by atoms with Crippen LogP contribution in [-0.4, -0.2) is 49.1 Å². The summed E-state index contributed by atoms with van der Waals surface area (Å²) in [6, 6.07) is 3.81. The van der Waals surface area contributed by atoms with Crippen LogP contribution in [-0.2, 0) is 4.79 Å². The number of carbonyl (C=O) groups is 1. The number of methoxy groups -OCH3 is 1. The minimum absolute atomic E-state index is 0.115. The zero-order valence-corrected chi connectivity index (χ0v) is 13.5. The number of piperazine rings is 1. The summed E-state index contributed by atoms with van der Waals surface area (Å²) < 4.78 is 5.25. The van der Waals surface area contributed by atoms with Crippen LogP contribution in [0.2, 0.25) is 0 Å². The second-order valence-corrected chi connectivity index (χ2v) is 6.60. The Hall–Kier alpha value is -1.78. The number of ether oxygens (including phenoxy) is 1. The number of hydrogen-bond donors (Lipinski definition) is 0. The molecular formula is C17H25N3O2. The molecular weight excluding hydrogens is 278 g/mol. The second kappa shape index (κ2) is 6.15. The molecule has 1 saturated heterocycles. The number of hydrogen-bond acceptors (Lipinski definition) is 4. The summed E-state index contributed by atoms with van der Waals surface area (Å²) >= 11 is 0. The summed E-state index contributed by atoms with van der Waals surface area (Å²) in [4.78, 5) is 21.4. The van der Waals surface area contributed by atoms with Crippen molar-refractivity contribution in [2.45, 2.75) is 32.6 Å². The average molecular weight is 303 g/mol. The van der Waals surface area contributed by atoms with Crippen molar-refractivity contribution >= 4 is 11.7 Å². The highest BCUT2D eigenvalue weighted by Gasteiger charge is 2.39. The van der Waals surface area contributed by atoms with Crippen LogP contribution in [0.15, 0.2) is 18.3 Å². The predicted octanol–water partition coefficient (Wildman–Crippen LogP) is 2.32. The van der Waals surface area contributed by atoms with Gasteiger partial charge in [0.2, 0.25) is 5.91 Å². The molecule has 0 atom stereocenters. The molecule has 5 heteroatoms. The van der Waals surface area contributed by atoms with Crippen LogP contribution >= 0.6 is 0 Å². The average Bonchev–Trinajstić information content (AvgIpc) is 3.02. The van der Waals surface area contributed by atoms with E-state index in [4.69, 9.17) is 4.74 Å². The van der Waals surface area contributed by atoms with E-state index in [1.807, 2.05) is 17.0 Å². The van der Waals surface area contributed by atoms with Crippen molar-refractivity contribution in [1.29, 1.82) is 0 Å². The first-order valence-corrected chi connectivity index (χ1v) is 8.17. The molecule has 1 saturated carbocycles. The third kappa shape index (κ3) is 2.89. The van der Waals surface area contributed by atoms with Gasteiger partial charge in [-0.05, 0) is 18.9 Å². The Balaban J connectivity index is 1.61. The van der Waals surface area contributed by atoms with Gasteiger partial charge < -0.3 is 14.5 Å². The highest BCUT2D eigenvalue weighted by Crippen LogP contribution is 2.39. The lowest BCUT2D eigenvalue weighted by Gasteiger charge is -2.39. The van der Waals surface area contributed by atoms with E-state index in [0.717, 1.165) is 50.6 Å². The van der Waals surface area contributed by atoms with Gasteiger partial charge in [0, 0.05) is 43.9 Å². The second-order valence-electron chi connectivity index (χ2n) is 6.60. The lowest BCUT2D eigenvalue weighted by molar-refractivity contribution is -0.141. The van der Waals surface area contributed by atoms with E-state index in [-0.39, 0.29) is 5.41 Å². The summed E-state index contributed by atoms with van der Waals surface area (Å²) in [5, 5.41) is 0. The Morgan fingerprint density at radius 1 is 1.23 bits per heavy atom. The zero-order valence-electron chi connectivity index (χ0n) is 13.5. The summed E-state index contributed by atoms with van der Waals surface area (Å²) in [5.74, 6) is 2.10. The SMILES string of the molecule is COc1ccnc(N2CCN(C(=O)C3(C)CCCC3)CC2)c1. The van der Waals surface area contributed by atoms with Crippen LogP contribution < -0.4 is 9.64 Å². The maximum Gasteiger partial charge on any atom is 0.228 e. The minimum atomic E-state index is -0.115. The van der Waals surface area contributed by atoms with Crippen molar-refractivity contribution in [1.82, 2.24) is 9.88 Å². The van der Waals surface area contributed by atoms with E-state index in [2.05, 4.69) is 16.8 Å². The first-order valence-electron chi connectivity index (χ1n) is 8.17. The number of amides is 1. The fraction of sp³-hybridized carbons (Fsp3) is 0.647. The van der Waals surface area contributed by atoms with Crippen LogP contribution in [0.4, 0.5) is 5.82 Å². The highest BCUT2D eigenvalue weighted by atomic mass is 16.5. The molecule has 120 valence electrons. The van der Waals surface area contributed by atoms with Gasteiger partial charge in [-0.1, -0.05) is 19.8 Å². The molecule has 1 aliphatic heterocycles. The van der Waals surface area contributed by atoms with E-state index < -0.39 is 0 Å². The molecule has 3 rings (SSSR count). The monoisotopic (exact) mass is 303 g/mol. The largest absolute Gasteiger partial charge is 0.497 e. The van der Waals surface area contributed by atoms with Gasteiger partial charge in [0.15, 0.2) is 0 Å². The van der Waals surface area contributed by atoms with Crippen LogP contribution in [0.25, 0.3) is 0 Å². The molecule has 2 heterocycles. The molecule has 1 aliphatic carbocycles. The standard InChI is InChI=1S/C17H25N3O2/c1-17(6-3-4-7-17)16(21)20-11-9-19(10-12-20)15-13-14(22-2)5-8-18-15/h5,8,13H,3-4,6-7,9-12H2,1-2H3. The third-order valence-corrected chi connectivity index (χ3v) is 5.07. The normalized spacial score (nSPS) is 21.0. The first kappa shape index (κ1) is 15.1. The van der Waals surface area contributed by atoms with Gasteiger partial charge in [-0.2, -0.15) is 0 Å². The van der Waals surface area contributed by atoms with Crippen molar-refractivity contribution in [2.75, 3.05) is 38.2 Å². The van der Waals surface area contributed by atoms with Crippen LogP contribution in [0, 0.1) is 5.41 Å². The number of carbonyl (C=O) groups excluding carboxylic acids is 1. The van der Waals surface area contributed by atoms with E-state index in [9.17, 15) is 4.79 Å². The van der Waals surface area contributed by atoms with Gasteiger partial charge in [0.05, 0.1) is 7.11 Å². The number of pyridine rings is 1. The molecule has 1 aromatic heterocycles. The first-order chi connectivity index (χ1) is 10.6. The maximum atomic E-state index is 12.7. The van der Waals surface area contributed by atoms with Gasteiger partial charge in [-0.3, -0.25) is 4.79 Å². The third-order valence-electron chi connectivity index (χ3n) is 5.07. The van der Waals surface area contributed by atoms with Crippen LogP contribution in [0.3, 0.4) is 0 Å². The Morgan fingerprint density at radius 3 is 2.55 bits per heavy atom. The van der Waals surface area contributed by atoms with E-state index in [1.54, 1.807) is 13.3 Å². The molecule has 22 heavy (non-hydrogen) atoms. The number of anilines is 1. The zero-order chi connectivity index (χ0) is 15.6. The molecule has 2 aliphatic rings. The predicted molar refractivity (Wildman–Crippen MR) is 86.2 cm³/mol. The highest BCUT2D eigenvalue weighted by molar-refractivity contribution is 5.83. The molecule has 2 fully saturated rings. The summed E-state index contributed by atoms with van der Waals surface area (Å²) in [6.45, 7) is 5.38. The summed E-state index contributed by atoms with van der Waals surface area (Å²) in [7, 11) is 1.66. The van der Waals surface area contributed by atoms with Crippen molar-refractivity contribution < 1.29 is 9.53 Å². The van der Waals surface area contributed by atoms with Gasteiger partial charge in [-0.25, -0.2) is 4.98 Å². The number of aromatic nitrogens is 1. The van der Waals surface area contributed by atoms with Crippen molar-refractivity contribution in [3.05, 3.63) is 18.3 Å². The molecule has 0 bridgehead atoms. The molecule has 0 aromatic carbocycles. The van der Waals surface area contributed by atoms with Gasteiger partial charge in [0.25, 0.3) is 0 Å². The smallest absolute Gasteiger partial charge is 0.228 e. The Labute approximate surface area is 132 Å². The van der Waals surface area contributed by atoms with E-state index in [0.29, 0.717) is 5.91 Å². The maximum absolute atomic E-state index is 12.7. The molecule has 0 N–H and O–H groups in total. The molecule has 5 nitrogen and oxygen atoms in total. The molecule has 0 unspecified atom stereocenters. The molecule has 1 aromatic rings. The Morgan fingerprint density at radius 2 is 1.91 bits per heavy atom. The van der Waals surface area contributed by atoms with Crippen molar-refractivity contribution in [3.8, 4) is 5.75 Å². The molecule has 1 amide bonds. The van der Waals surface area contributed by atoms with Gasteiger partial charge in [0.1, 0.15) is 11.6 Å². The Kier molecular flexibility index (Phi) is 4.23. The lowest BCUT2D eigenvalue weighted by Crippen LogP contribution is -2.52. The molecule has 0 radical (unpaired) electrons. The number of rotatable bonds is 3. The quantitative estimate of drug-likeness (QED) is 0.859. The fourth-order valence-electron chi connectivity index (χ4n) is 3.59. The Bertz CT molecular complexity index is 532. The van der Waals surface area contributed by atoms with Crippen LogP contribution in [0.1, 0.15) is 32.6 Å². The van der Waals surface area contributed by atoms with Crippen molar-refractivity contribution in [3.63, 3.8) is 0 Å². The summed E-state index contributed by atoms with van der Waals surface area (Å²) in [5.41, 5.74) is -0.115. The van der Waals surface area contributed by atoms with E-state index in [1.165, 1.54) is 12.8 Å². The minimum Gasteiger partial charge on any atom is -0.497 e. The van der Waals surface area contributed by atoms with Crippen LogP contribution in [0.5, 0.6) is 5.75 Å². The van der Waals surface area contributed by atoms with Crippen molar-refractivity contribution in [2.24, 2.45) is 5.41 Å². The molecule has 0 spiro atoms. The van der Waals surface area contributed by atoms with Gasteiger partial charge >= 0.3 is 0 Å². The van der Waals surface area contributed by atoms with E-state index >= 15 is 0 Å². The summed E-state index contributed by atoms with van der Waals surface area (Å²) in [6.07, 6.45) is 6.24. The lowest BCUT2D eigenvalue weighted by atomic mass is 9.87. The fourth-order valence-corrected chi connectivity index (χ4v) is 3.59.